The van der Waals surface area contributed by atoms with E-state index < -0.39 is 0 Å². The number of likely N-dealkylation sites (N-methyl/N-ethyl adjacent to an activating group) is 1. The van der Waals surface area contributed by atoms with Crippen LogP contribution in [0, 0.1) is 0 Å². The summed E-state index contributed by atoms with van der Waals surface area (Å²) in [6.45, 7) is 5.20. The van der Waals surface area contributed by atoms with Gasteiger partial charge < -0.3 is 14.7 Å². The van der Waals surface area contributed by atoms with Gasteiger partial charge in [0.25, 0.3) is 0 Å². The molecular weight excluding hydrogens is 218 g/mol. The Hall–Kier alpha value is -1.20. The Bertz CT molecular complexity index is 353. The topological polar surface area (TPSA) is 58.5 Å². The van der Waals surface area contributed by atoms with Crippen molar-refractivity contribution in [3.05, 3.63) is 18.1 Å². The summed E-state index contributed by atoms with van der Waals surface area (Å²) in [7, 11) is 0. The van der Waals surface area contributed by atoms with Crippen molar-refractivity contribution in [2.75, 3.05) is 37.8 Å². The largest absolute Gasteiger partial charge is 0.395 e. The average molecular weight is 237 g/mol. The van der Waals surface area contributed by atoms with Crippen LogP contribution in [0.2, 0.25) is 0 Å². The molecule has 2 heterocycles. The number of aromatic nitrogens is 2. The van der Waals surface area contributed by atoms with Gasteiger partial charge in [-0.25, -0.2) is 9.97 Å². The summed E-state index contributed by atoms with van der Waals surface area (Å²) in [4.78, 5) is 10.6. The monoisotopic (exact) mass is 237 g/mol. The van der Waals surface area contributed by atoms with Crippen molar-refractivity contribution in [2.45, 2.75) is 19.3 Å². The van der Waals surface area contributed by atoms with E-state index in [1.54, 1.807) is 6.33 Å². The number of hydrogen-bond acceptors (Lipinski definition) is 5. The van der Waals surface area contributed by atoms with Crippen molar-refractivity contribution in [3.63, 3.8) is 0 Å². The first-order valence-electron chi connectivity index (χ1n) is 6.10. The van der Waals surface area contributed by atoms with Crippen molar-refractivity contribution in [1.82, 2.24) is 9.97 Å². The van der Waals surface area contributed by atoms with Gasteiger partial charge >= 0.3 is 0 Å². The number of rotatable bonds is 5. The van der Waals surface area contributed by atoms with Crippen molar-refractivity contribution in [2.24, 2.45) is 0 Å². The van der Waals surface area contributed by atoms with Crippen LogP contribution in [-0.2, 0) is 4.74 Å². The van der Waals surface area contributed by atoms with Crippen LogP contribution in [0.3, 0.4) is 0 Å². The van der Waals surface area contributed by atoms with E-state index in [0.717, 1.165) is 37.7 Å². The third-order valence-electron chi connectivity index (χ3n) is 3.10. The van der Waals surface area contributed by atoms with E-state index in [-0.39, 0.29) is 6.61 Å². The maximum absolute atomic E-state index is 9.00. The van der Waals surface area contributed by atoms with Crippen LogP contribution in [0.5, 0.6) is 0 Å². The Labute approximate surface area is 101 Å². The minimum Gasteiger partial charge on any atom is -0.395 e. The van der Waals surface area contributed by atoms with Crippen molar-refractivity contribution >= 4 is 5.82 Å². The van der Waals surface area contributed by atoms with Crippen LogP contribution in [0.25, 0.3) is 0 Å². The Morgan fingerprint density at radius 3 is 3.06 bits per heavy atom. The van der Waals surface area contributed by atoms with E-state index in [4.69, 9.17) is 9.84 Å². The smallest absolute Gasteiger partial charge is 0.132 e. The second-order valence-electron chi connectivity index (χ2n) is 4.16. The van der Waals surface area contributed by atoms with Gasteiger partial charge in [-0.15, -0.1) is 0 Å². The summed E-state index contributed by atoms with van der Waals surface area (Å²) in [5, 5.41) is 9.00. The zero-order chi connectivity index (χ0) is 12.1. The molecule has 5 heteroatoms. The summed E-state index contributed by atoms with van der Waals surface area (Å²) in [6.07, 6.45) is 2.63. The molecule has 1 aromatic rings. The molecule has 0 radical (unpaired) electrons. The highest BCUT2D eigenvalue weighted by Crippen LogP contribution is 2.25. The summed E-state index contributed by atoms with van der Waals surface area (Å²) in [5.41, 5.74) is 1.05. The molecule has 0 spiro atoms. The van der Waals surface area contributed by atoms with Gasteiger partial charge in [0, 0.05) is 31.7 Å². The van der Waals surface area contributed by atoms with E-state index >= 15 is 0 Å². The normalized spacial score (nSPS) is 19.5. The second kappa shape index (κ2) is 5.93. The van der Waals surface area contributed by atoms with Gasteiger partial charge in [0.2, 0.25) is 0 Å². The maximum Gasteiger partial charge on any atom is 0.132 e. The number of aliphatic hydroxyl groups excluding tert-OH is 1. The summed E-state index contributed by atoms with van der Waals surface area (Å²) in [5.74, 6) is 1.28. The van der Waals surface area contributed by atoms with Crippen molar-refractivity contribution in [1.29, 1.82) is 0 Å². The molecule has 1 aliphatic heterocycles. The number of anilines is 1. The molecule has 0 saturated carbocycles. The fourth-order valence-electron chi connectivity index (χ4n) is 2.08. The fourth-order valence-corrected chi connectivity index (χ4v) is 2.08. The van der Waals surface area contributed by atoms with Crippen LogP contribution >= 0.6 is 0 Å². The lowest BCUT2D eigenvalue weighted by Gasteiger charge is -2.21. The van der Waals surface area contributed by atoms with E-state index in [1.165, 1.54) is 0 Å². The van der Waals surface area contributed by atoms with Crippen LogP contribution in [0.1, 0.15) is 25.0 Å². The van der Waals surface area contributed by atoms with Crippen molar-refractivity contribution in [3.8, 4) is 0 Å². The number of hydrogen-bond donors (Lipinski definition) is 1. The molecular formula is C12H19N3O2. The lowest BCUT2D eigenvalue weighted by atomic mass is 10.0. The molecule has 1 atom stereocenters. The quantitative estimate of drug-likeness (QED) is 0.821. The molecule has 1 saturated heterocycles. The Morgan fingerprint density at radius 1 is 1.53 bits per heavy atom. The summed E-state index contributed by atoms with van der Waals surface area (Å²) >= 11 is 0. The Kier molecular flexibility index (Phi) is 4.28. The van der Waals surface area contributed by atoms with Gasteiger partial charge in [0.05, 0.1) is 18.9 Å². The van der Waals surface area contributed by atoms with Gasteiger partial charge in [0.1, 0.15) is 12.1 Å². The number of ether oxygens (including phenoxy) is 1. The van der Waals surface area contributed by atoms with E-state index in [0.29, 0.717) is 12.5 Å². The molecule has 94 valence electrons. The molecule has 1 N–H and O–H groups in total. The van der Waals surface area contributed by atoms with Gasteiger partial charge in [-0.2, -0.15) is 0 Å². The molecule has 1 fully saturated rings. The zero-order valence-corrected chi connectivity index (χ0v) is 10.2. The molecule has 0 bridgehead atoms. The van der Waals surface area contributed by atoms with Gasteiger partial charge in [-0.1, -0.05) is 0 Å². The molecule has 0 aromatic carbocycles. The number of aliphatic hydroxyl groups is 1. The highest BCUT2D eigenvalue weighted by Gasteiger charge is 2.20. The maximum atomic E-state index is 9.00. The van der Waals surface area contributed by atoms with Gasteiger partial charge in [0.15, 0.2) is 0 Å². The Balaban J connectivity index is 2.14. The molecule has 2 rings (SSSR count). The number of nitrogens with zero attached hydrogens (tertiary/aromatic N) is 3. The van der Waals surface area contributed by atoms with E-state index in [2.05, 4.69) is 16.9 Å². The molecule has 5 nitrogen and oxygen atoms in total. The molecule has 0 amide bonds. The summed E-state index contributed by atoms with van der Waals surface area (Å²) < 4.78 is 5.37. The first-order valence-corrected chi connectivity index (χ1v) is 6.10. The lowest BCUT2D eigenvalue weighted by Crippen LogP contribution is -2.27. The Morgan fingerprint density at radius 2 is 2.41 bits per heavy atom. The fraction of sp³-hybridized carbons (Fsp3) is 0.667. The molecule has 1 unspecified atom stereocenters. The predicted molar refractivity (Wildman–Crippen MR) is 65.2 cm³/mol. The summed E-state index contributed by atoms with van der Waals surface area (Å²) in [6, 6.07) is 2.01. The second-order valence-corrected chi connectivity index (χ2v) is 4.16. The third kappa shape index (κ3) is 2.92. The minimum atomic E-state index is 0.139. The van der Waals surface area contributed by atoms with E-state index in [1.807, 2.05) is 11.0 Å². The SMILES string of the molecule is CCN(CCO)c1cc(C2CCOC2)ncn1. The first kappa shape index (κ1) is 12.3. The minimum absolute atomic E-state index is 0.139. The van der Waals surface area contributed by atoms with Crippen molar-refractivity contribution < 1.29 is 9.84 Å². The molecule has 1 aromatic heterocycles. The lowest BCUT2D eigenvalue weighted by molar-refractivity contribution is 0.193. The van der Waals surface area contributed by atoms with Gasteiger partial charge in [-0.3, -0.25) is 0 Å². The molecule has 1 aliphatic rings. The predicted octanol–water partition coefficient (Wildman–Crippen LogP) is 0.799. The van der Waals surface area contributed by atoms with Crippen LogP contribution in [-0.4, -0.2) is 48.0 Å². The van der Waals surface area contributed by atoms with Crippen LogP contribution < -0.4 is 4.90 Å². The zero-order valence-electron chi connectivity index (χ0n) is 10.2. The standard InChI is InChI=1S/C12H19N3O2/c1-2-15(4-5-16)12-7-11(13-9-14-12)10-3-6-17-8-10/h7,9-10,16H,2-6,8H2,1H3. The highest BCUT2D eigenvalue weighted by atomic mass is 16.5. The molecule has 17 heavy (non-hydrogen) atoms. The van der Waals surface area contributed by atoms with E-state index in [9.17, 15) is 0 Å². The van der Waals surface area contributed by atoms with Crippen LogP contribution in [0.4, 0.5) is 5.82 Å². The third-order valence-corrected chi connectivity index (χ3v) is 3.10. The van der Waals surface area contributed by atoms with Crippen LogP contribution in [0.15, 0.2) is 12.4 Å². The highest BCUT2D eigenvalue weighted by molar-refractivity contribution is 5.39. The first-order chi connectivity index (χ1) is 8.35. The van der Waals surface area contributed by atoms with Gasteiger partial charge in [-0.05, 0) is 13.3 Å². The molecule has 0 aliphatic carbocycles. The average Bonchev–Trinajstić information content (AvgIpc) is 2.90.